The van der Waals surface area contributed by atoms with Gasteiger partial charge in [0.25, 0.3) is 5.56 Å². The van der Waals surface area contributed by atoms with Gasteiger partial charge in [-0.1, -0.05) is 0 Å². The number of rotatable bonds is 3. The summed E-state index contributed by atoms with van der Waals surface area (Å²) in [7, 11) is 1.41. The number of aromatic amines is 1. The second kappa shape index (κ2) is 5.35. The molecule has 1 fully saturated rings. The molecule has 4 atom stereocenters. The van der Waals surface area contributed by atoms with E-state index in [-0.39, 0.29) is 23.1 Å². The number of aliphatic hydroxyl groups excluding tert-OH is 2. The minimum atomic E-state index is -1.01. The minimum absolute atomic E-state index is 0.0829. The maximum absolute atomic E-state index is 11.7. The van der Waals surface area contributed by atoms with Gasteiger partial charge in [-0.15, -0.1) is 0 Å². The zero-order chi connectivity index (χ0) is 15.1. The normalized spacial score (nSPS) is 29.3. The molecule has 0 spiro atoms. The first-order chi connectivity index (χ1) is 10.1. The molecule has 0 bridgehead atoms. The number of nitrogens with one attached hydrogen (secondary N) is 1. The molecule has 21 heavy (non-hydrogen) atoms. The lowest BCUT2D eigenvalue weighted by molar-refractivity contribution is -0.0583. The van der Waals surface area contributed by atoms with Gasteiger partial charge < -0.3 is 19.7 Å². The lowest BCUT2D eigenvalue weighted by atomic mass is 10.1. The fourth-order valence-electron chi connectivity index (χ4n) is 2.43. The zero-order valence-electron chi connectivity index (χ0n) is 10.9. The molecule has 2 aromatic heterocycles. The predicted molar refractivity (Wildman–Crippen MR) is 71.0 cm³/mol. The summed E-state index contributed by atoms with van der Waals surface area (Å²) in [5, 5.41) is 19.2. The highest BCUT2D eigenvalue weighted by Gasteiger charge is 2.45. The van der Waals surface area contributed by atoms with Crippen LogP contribution in [0.5, 0.6) is 0 Å². The maximum atomic E-state index is 11.7. The molecule has 0 saturated carbocycles. The van der Waals surface area contributed by atoms with Gasteiger partial charge in [-0.25, -0.2) is 4.98 Å². The SMILES string of the molecule is CO[C@@H]1[C@H](O)[C@@H](CO)O[C@H]1n1cnc2c(=O)[nH]c(Cl)nc21. The highest BCUT2D eigenvalue weighted by molar-refractivity contribution is 6.28. The topological polar surface area (TPSA) is 122 Å². The third kappa shape index (κ3) is 2.23. The molecule has 1 saturated heterocycles. The summed E-state index contributed by atoms with van der Waals surface area (Å²) in [6, 6.07) is 0. The second-order valence-corrected chi connectivity index (χ2v) is 4.98. The van der Waals surface area contributed by atoms with Crippen molar-refractivity contribution in [1.82, 2.24) is 19.5 Å². The molecule has 3 N–H and O–H groups in total. The molecule has 1 aliphatic rings. The van der Waals surface area contributed by atoms with E-state index in [4.69, 9.17) is 21.1 Å². The lowest BCUT2D eigenvalue weighted by Crippen LogP contribution is -2.34. The molecule has 10 heteroatoms. The Morgan fingerprint density at radius 2 is 2.38 bits per heavy atom. The van der Waals surface area contributed by atoms with Crippen LogP contribution in [0.4, 0.5) is 0 Å². The average Bonchev–Trinajstić information content (AvgIpc) is 2.99. The van der Waals surface area contributed by atoms with E-state index in [1.165, 1.54) is 18.0 Å². The van der Waals surface area contributed by atoms with Crippen molar-refractivity contribution in [2.24, 2.45) is 0 Å². The number of hydrogen-bond acceptors (Lipinski definition) is 7. The molecule has 0 unspecified atom stereocenters. The standard InChI is InChI=1S/C11H13ClN4O5/c1-20-7-6(18)4(2-17)21-10(7)16-3-13-5-8(16)14-11(12)15-9(5)19/h3-4,6-7,10,17-18H,2H2,1H3,(H,14,15,19)/t4-,6-,7-,10-/m1/s1. The molecule has 0 radical (unpaired) electrons. The number of aromatic nitrogens is 4. The quantitative estimate of drug-likeness (QED) is 0.623. The molecule has 0 aliphatic carbocycles. The fraction of sp³-hybridized carbons (Fsp3) is 0.545. The summed E-state index contributed by atoms with van der Waals surface area (Å²) in [5.74, 6) is 0. The van der Waals surface area contributed by atoms with Crippen molar-refractivity contribution in [3.05, 3.63) is 22.0 Å². The van der Waals surface area contributed by atoms with Crippen LogP contribution in [0.3, 0.4) is 0 Å². The highest BCUT2D eigenvalue weighted by atomic mass is 35.5. The van der Waals surface area contributed by atoms with Crippen molar-refractivity contribution < 1.29 is 19.7 Å². The van der Waals surface area contributed by atoms with Crippen molar-refractivity contribution >= 4 is 22.8 Å². The van der Waals surface area contributed by atoms with E-state index in [0.717, 1.165) is 0 Å². The van der Waals surface area contributed by atoms with E-state index in [0.29, 0.717) is 0 Å². The molecule has 3 rings (SSSR count). The number of fused-ring (bicyclic) bond motifs is 1. The van der Waals surface area contributed by atoms with Crippen LogP contribution in [0.25, 0.3) is 11.2 Å². The largest absolute Gasteiger partial charge is 0.394 e. The smallest absolute Gasteiger partial charge is 0.280 e. The molecule has 0 amide bonds. The third-order valence-corrected chi connectivity index (χ3v) is 3.62. The van der Waals surface area contributed by atoms with E-state index < -0.39 is 30.1 Å². The first-order valence-electron chi connectivity index (χ1n) is 6.16. The highest BCUT2D eigenvalue weighted by Crippen LogP contribution is 2.32. The van der Waals surface area contributed by atoms with Crippen LogP contribution in [-0.2, 0) is 9.47 Å². The molecular formula is C11H13ClN4O5. The minimum Gasteiger partial charge on any atom is -0.394 e. The second-order valence-electron chi connectivity index (χ2n) is 4.62. The Bertz CT molecular complexity index is 716. The van der Waals surface area contributed by atoms with Crippen LogP contribution in [0.1, 0.15) is 6.23 Å². The van der Waals surface area contributed by atoms with Gasteiger partial charge in [0.05, 0.1) is 12.9 Å². The van der Waals surface area contributed by atoms with Gasteiger partial charge in [-0.2, -0.15) is 4.98 Å². The van der Waals surface area contributed by atoms with Crippen LogP contribution in [0.2, 0.25) is 5.28 Å². The number of H-pyrrole nitrogens is 1. The van der Waals surface area contributed by atoms with Crippen LogP contribution < -0.4 is 5.56 Å². The van der Waals surface area contributed by atoms with Crippen LogP contribution >= 0.6 is 11.6 Å². The van der Waals surface area contributed by atoms with Gasteiger partial charge in [0.1, 0.15) is 18.3 Å². The van der Waals surface area contributed by atoms with Gasteiger partial charge in [-0.3, -0.25) is 14.3 Å². The van der Waals surface area contributed by atoms with Crippen molar-refractivity contribution in [1.29, 1.82) is 0 Å². The average molecular weight is 317 g/mol. The summed E-state index contributed by atoms with van der Waals surface area (Å²) < 4.78 is 12.2. The number of methoxy groups -OCH3 is 1. The number of hydrogen-bond donors (Lipinski definition) is 3. The Kier molecular flexibility index (Phi) is 3.68. The Morgan fingerprint density at radius 3 is 3.05 bits per heavy atom. The van der Waals surface area contributed by atoms with E-state index in [9.17, 15) is 15.0 Å². The number of ether oxygens (including phenoxy) is 2. The molecule has 1 aliphatic heterocycles. The van der Waals surface area contributed by atoms with Crippen LogP contribution in [0, 0.1) is 0 Å². The summed E-state index contributed by atoms with van der Waals surface area (Å²) in [6.07, 6.45) is -1.97. The number of nitrogens with zero attached hydrogens (tertiary/aromatic N) is 3. The predicted octanol–water partition coefficient (Wildman–Crippen LogP) is -0.961. The van der Waals surface area contributed by atoms with Crippen molar-refractivity contribution in [3.63, 3.8) is 0 Å². The van der Waals surface area contributed by atoms with Gasteiger partial charge in [-0.05, 0) is 11.6 Å². The van der Waals surface area contributed by atoms with E-state index in [2.05, 4.69) is 15.0 Å². The Hall–Kier alpha value is -1.52. The number of imidazole rings is 1. The summed E-state index contributed by atoms with van der Waals surface area (Å²) >= 11 is 5.75. The molecular weight excluding hydrogens is 304 g/mol. The Labute approximate surface area is 123 Å². The number of aliphatic hydroxyl groups is 2. The molecule has 3 heterocycles. The van der Waals surface area contributed by atoms with Crippen LogP contribution in [0.15, 0.2) is 11.1 Å². The number of halogens is 1. The monoisotopic (exact) mass is 316 g/mol. The van der Waals surface area contributed by atoms with Crippen molar-refractivity contribution in [2.75, 3.05) is 13.7 Å². The first kappa shape index (κ1) is 14.4. The van der Waals surface area contributed by atoms with E-state index in [1.807, 2.05) is 0 Å². The van der Waals surface area contributed by atoms with Crippen LogP contribution in [-0.4, -0.2) is 61.8 Å². The van der Waals surface area contributed by atoms with E-state index >= 15 is 0 Å². The summed E-state index contributed by atoms with van der Waals surface area (Å²) in [4.78, 5) is 22.1. The Morgan fingerprint density at radius 1 is 1.62 bits per heavy atom. The molecule has 114 valence electrons. The summed E-state index contributed by atoms with van der Waals surface area (Å²) in [5.41, 5.74) is -0.170. The zero-order valence-corrected chi connectivity index (χ0v) is 11.7. The van der Waals surface area contributed by atoms with Gasteiger partial charge in [0.2, 0.25) is 5.28 Å². The molecule has 2 aromatic rings. The first-order valence-corrected chi connectivity index (χ1v) is 6.54. The van der Waals surface area contributed by atoms with Crippen molar-refractivity contribution in [3.8, 4) is 0 Å². The Balaban J connectivity index is 2.10. The lowest BCUT2D eigenvalue weighted by Gasteiger charge is -2.19. The molecule has 0 aromatic carbocycles. The van der Waals surface area contributed by atoms with Gasteiger partial charge in [0, 0.05) is 7.11 Å². The summed E-state index contributed by atoms with van der Waals surface area (Å²) in [6.45, 7) is -0.362. The van der Waals surface area contributed by atoms with Gasteiger partial charge in [0.15, 0.2) is 17.4 Å². The van der Waals surface area contributed by atoms with Crippen molar-refractivity contribution in [2.45, 2.75) is 24.5 Å². The fourth-order valence-corrected chi connectivity index (χ4v) is 2.60. The van der Waals surface area contributed by atoms with Gasteiger partial charge >= 0.3 is 0 Å². The van der Waals surface area contributed by atoms with E-state index in [1.54, 1.807) is 0 Å². The maximum Gasteiger partial charge on any atom is 0.280 e. The third-order valence-electron chi connectivity index (χ3n) is 3.44. The molecule has 9 nitrogen and oxygen atoms in total.